The van der Waals surface area contributed by atoms with Crippen LogP contribution in [-0.4, -0.2) is 78.5 Å². The number of amides is 3. The first-order chi connectivity index (χ1) is 30.5. The van der Waals surface area contributed by atoms with Gasteiger partial charge in [-0.05, 0) is 44.4 Å². The molecule has 0 aromatic carbocycles. The molecule has 2 aliphatic rings. The van der Waals surface area contributed by atoms with Gasteiger partial charge in [0.15, 0.2) is 6.10 Å². The molecule has 2 atom stereocenters. The molecule has 1 unspecified atom stereocenters. The van der Waals surface area contributed by atoms with Crippen molar-refractivity contribution >= 4 is 37.5 Å². The van der Waals surface area contributed by atoms with Crippen molar-refractivity contribution in [3.8, 4) is 0 Å². The Morgan fingerprint density at radius 2 is 1.06 bits per heavy atom. The molecule has 1 fully saturated rings. The molecular formula is C49H87N2O11P. The lowest BCUT2D eigenvalue weighted by atomic mass is 9.81. The third-order valence-electron chi connectivity index (χ3n) is 12.3. The predicted molar refractivity (Wildman–Crippen MR) is 248 cm³/mol. The second kappa shape index (κ2) is 36.6. The Morgan fingerprint density at radius 3 is 1.52 bits per heavy atom. The molecule has 0 spiro atoms. The van der Waals surface area contributed by atoms with Crippen molar-refractivity contribution in [3.63, 3.8) is 0 Å². The number of nitrogens with one attached hydrogen (secondary N) is 1. The van der Waals surface area contributed by atoms with Gasteiger partial charge in [0.25, 0.3) is 11.8 Å². The zero-order valence-electron chi connectivity index (χ0n) is 39.5. The highest BCUT2D eigenvalue weighted by Crippen LogP contribution is 2.43. The van der Waals surface area contributed by atoms with E-state index < -0.39 is 32.5 Å². The molecule has 3 amide bonds. The Hall–Kier alpha value is -2.60. The summed E-state index contributed by atoms with van der Waals surface area (Å²) in [5, 5.41) is 2.74. The maximum atomic E-state index is 12.8. The molecule has 0 bridgehead atoms. The molecule has 2 N–H and O–H groups in total. The Kier molecular flexibility index (Phi) is 32.8. The lowest BCUT2D eigenvalue weighted by Gasteiger charge is -2.30. The fraction of sp³-hybridized carbons (Fsp3) is 0.857. The highest BCUT2D eigenvalue weighted by molar-refractivity contribution is 7.47. The van der Waals surface area contributed by atoms with Gasteiger partial charge in [0.2, 0.25) is 5.91 Å². The lowest BCUT2D eigenvalue weighted by molar-refractivity contribution is -0.161. The van der Waals surface area contributed by atoms with E-state index in [1.807, 2.05) is 0 Å². The molecule has 1 heterocycles. The van der Waals surface area contributed by atoms with Crippen molar-refractivity contribution in [2.24, 2.45) is 11.8 Å². The van der Waals surface area contributed by atoms with E-state index in [0.29, 0.717) is 45.1 Å². The molecular weight excluding hydrogens is 824 g/mol. The van der Waals surface area contributed by atoms with E-state index in [9.17, 15) is 33.4 Å². The fourth-order valence-corrected chi connectivity index (χ4v) is 9.12. The highest BCUT2D eigenvalue weighted by Gasteiger charge is 2.32. The van der Waals surface area contributed by atoms with Crippen LogP contribution in [0.3, 0.4) is 0 Å². The zero-order chi connectivity index (χ0) is 45.8. The average Bonchev–Trinajstić information content (AvgIpc) is 3.58. The van der Waals surface area contributed by atoms with Crippen LogP contribution in [0.4, 0.5) is 0 Å². The summed E-state index contributed by atoms with van der Waals surface area (Å²) in [6.45, 7) is 3.70. The number of unbranched alkanes of at least 4 members (excludes halogenated alkanes) is 24. The lowest BCUT2D eigenvalue weighted by Crippen LogP contribution is -2.39. The number of rotatable bonds is 41. The number of phosphoric ester groups is 1. The number of phosphoric acid groups is 1. The van der Waals surface area contributed by atoms with Crippen LogP contribution >= 0.6 is 7.82 Å². The molecule has 13 nitrogen and oxygen atoms in total. The van der Waals surface area contributed by atoms with Gasteiger partial charge in [-0.2, -0.15) is 0 Å². The van der Waals surface area contributed by atoms with E-state index in [-0.39, 0.29) is 62.2 Å². The largest absolute Gasteiger partial charge is 0.472 e. The molecule has 2 rings (SSSR count). The summed E-state index contributed by atoms with van der Waals surface area (Å²) in [6.07, 6.45) is 35.5. The number of imide groups is 1. The molecule has 364 valence electrons. The molecule has 1 saturated carbocycles. The van der Waals surface area contributed by atoms with Crippen LogP contribution in [0.5, 0.6) is 0 Å². The van der Waals surface area contributed by atoms with Crippen molar-refractivity contribution in [2.75, 3.05) is 32.9 Å². The minimum Gasteiger partial charge on any atom is -0.462 e. The third-order valence-corrected chi connectivity index (χ3v) is 13.3. The van der Waals surface area contributed by atoms with Crippen LogP contribution in [0.15, 0.2) is 12.2 Å². The Balaban J connectivity index is 1.68. The Morgan fingerprint density at radius 1 is 0.635 bits per heavy atom. The maximum Gasteiger partial charge on any atom is 0.472 e. The molecule has 0 aromatic rings. The van der Waals surface area contributed by atoms with Crippen LogP contribution in [0.25, 0.3) is 0 Å². The first-order valence-corrected chi connectivity index (χ1v) is 26.8. The van der Waals surface area contributed by atoms with Gasteiger partial charge in [0.1, 0.15) is 6.61 Å². The van der Waals surface area contributed by atoms with Gasteiger partial charge in [0.05, 0.1) is 13.2 Å². The third kappa shape index (κ3) is 29.5. The zero-order valence-corrected chi connectivity index (χ0v) is 40.4. The first kappa shape index (κ1) is 56.5. The van der Waals surface area contributed by atoms with Crippen LogP contribution in [-0.2, 0) is 47.1 Å². The summed E-state index contributed by atoms with van der Waals surface area (Å²) in [4.78, 5) is 73.6. The highest BCUT2D eigenvalue weighted by atomic mass is 31.2. The quantitative estimate of drug-likeness (QED) is 0.0258. The molecule has 0 aromatic heterocycles. The van der Waals surface area contributed by atoms with Crippen LogP contribution < -0.4 is 5.32 Å². The number of hydrogen-bond acceptors (Lipinski definition) is 10. The number of nitrogens with zero attached hydrogens (tertiary/aromatic N) is 1. The van der Waals surface area contributed by atoms with Gasteiger partial charge in [-0.3, -0.25) is 37.9 Å². The van der Waals surface area contributed by atoms with Gasteiger partial charge < -0.3 is 19.7 Å². The van der Waals surface area contributed by atoms with Crippen molar-refractivity contribution in [3.05, 3.63) is 12.2 Å². The summed E-state index contributed by atoms with van der Waals surface area (Å²) in [7, 11) is -4.61. The predicted octanol–water partition coefficient (Wildman–Crippen LogP) is 11.4. The van der Waals surface area contributed by atoms with Crippen molar-refractivity contribution in [1.82, 2.24) is 10.2 Å². The summed E-state index contributed by atoms with van der Waals surface area (Å²) in [5.74, 6) is -1.82. The second-order valence-electron chi connectivity index (χ2n) is 18.0. The summed E-state index contributed by atoms with van der Waals surface area (Å²) < 4.78 is 34.1. The average molecular weight is 911 g/mol. The van der Waals surface area contributed by atoms with Gasteiger partial charge in [0, 0.05) is 44.0 Å². The number of esters is 2. The Labute approximate surface area is 380 Å². The van der Waals surface area contributed by atoms with E-state index in [4.69, 9.17) is 18.5 Å². The summed E-state index contributed by atoms with van der Waals surface area (Å²) in [6, 6.07) is 0. The normalized spacial score (nSPS) is 17.8. The van der Waals surface area contributed by atoms with Crippen LogP contribution in [0, 0.1) is 11.8 Å². The van der Waals surface area contributed by atoms with E-state index in [2.05, 4.69) is 19.2 Å². The Bertz CT molecular complexity index is 1320. The first-order valence-electron chi connectivity index (χ1n) is 25.3. The number of carbonyl (C=O) groups excluding carboxylic acids is 5. The van der Waals surface area contributed by atoms with Gasteiger partial charge >= 0.3 is 19.8 Å². The van der Waals surface area contributed by atoms with E-state index >= 15 is 0 Å². The molecule has 63 heavy (non-hydrogen) atoms. The molecule has 0 radical (unpaired) electrons. The monoisotopic (exact) mass is 911 g/mol. The molecule has 0 saturated heterocycles. The topological polar surface area (TPSA) is 175 Å². The maximum absolute atomic E-state index is 12.8. The minimum atomic E-state index is -4.61. The van der Waals surface area contributed by atoms with Crippen LogP contribution in [0.1, 0.15) is 219 Å². The standard InChI is InChI=1S/C49H87N2O11P/c1-3-5-7-9-11-13-15-17-19-21-23-25-27-29-47(54)59-40-44(62-48(55)30-28-26-24-22-20-18-16-14-12-10-8-6-4-2)41-61-63(57,58)60-38-37-50-49(56)43-33-31-42(32-34-43)39-51-45(52)35-36-46(51)53/h35-36,42-44H,3-34,37-41H2,1-2H3,(H,50,56)(H,57,58)/t42?,43?,44-/m1/s1. The number of hydrogen-bond donors (Lipinski definition) is 2. The van der Waals surface area contributed by atoms with E-state index in [0.717, 1.165) is 38.5 Å². The van der Waals surface area contributed by atoms with Crippen LogP contribution in [0.2, 0.25) is 0 Å². The molecule has 1 aliphatic carbocycles. The molecule has 14 heteroatoms. The number of ether oxygens (including phenoxy) is 2. The van der Waals surface area contributed by atoms with Crippen molar-refractivity contribution in [2.45, 2.75) is 225 Å². The van der Waals surface area contributed by atoms with Gasteiger partial charge in [-0.1, -0.05) is 168 Å². The van der Waals surface area contributed by atoms with E-state index in [1.54, 1.807) is 0 Å². The SMILES string of the molecule is CCCCCCCCCCCCCCCC(=O)OC[C@H](COP(=O)(O)OCCNC(=O)C1CCC(CN2C(=O)C=CC2=O)CC1)OC(=O)CCCCCCCCCCCCCCC. The minimum absolute atomic E-state index is 0.0243. The fourth-order valence-electron chi connectivity index (χ4n) is 8.36. The second-order valence-corrected chi connectivity index (χ2v) is 19.5. The van der Waals surface area contributed by atoms with Gasteiger partial charge in [-0.25, -0.2) is 4.57 Å². The van der Waals surface area contributed by atoms with Crippen molar-refractivity contribution < 1.29 is 52.0 Å². The van der Waals surface area contributed by atoms with Crippen molar-refractivity contribution in [1.29, 1.82) is 0 Å². The summed E-state index contributed by atoms with van der Waals surface area (Å²) in [5.41, 5.74) is 0. The smallest absolute Gasteiger partial charge is 0.462 e. The van der Waals surface area contributed by atoms with E-state index in [1.165, 1.54) is 133 Å². The summed E-state index contributed by atoms with van der Waals surface area (Å²) >= 11 is 0. The molecule has 1 aliphatic heterocycles. The van der Waals surface area contributed by atoms with Gasteiger partial charge in [-0.15, -0.1) is 0 Å². The number of carbonyl (C=O) groups is 5.